The van der Waals surface area contributed by atoms with Crippen molar-refractivity contribution in [3.63, 3.8) is 0 Å². The quantitative estimate of drug-likeness (QED) is 0.733. The van der Waals surface area contributed by atoms with Crippen molar-refractivity contribution in [3.05, 3.63) is 30.2 Å². The molecule has 0 aliphatic carbocycles. The number of carbonyl (C=O) groups excluding carboxylic acids is 1. The second-order valence-corrected chi connectivity index (χ2v) is 3.16. The van der Waals surface area contributed by atoms with Gasteiger partial charge in [0.05, 0.1) is 17.6 Å². The summed E-state index contributed by atoms with van der Waals surface area (Å²) in [6.07, 6.45) is 3.90. The van der Waals surface area contributed by atoms with Crippen molar-refractivity contribution in [1.29, 1.82) is 0 Å². The van der Waals surface area contributed by atoms with Crippen molar-refractivity contribution in [2.45, 2.75) is 0 Å². The molecule has 0 unspecified atom stereocenters. The predicted octanol–water partition coefficient (Wildman–Crippen LogP) is 0.877. The molecule has 0 spiro atoms. The molecule has 0 amide bonds. The molecule has 0 aliphatic rings. The van der Waals surface area contributed by atoms with Crippen molar-refractivity contribution < 1.29 is 4.79 Å². The number of hydrogen-bond acceptors (Lipinski definition) is 4. The molecule has 2 aromatic heterocycles. The lowest BCUT2D eigenvalue weighted by Gasteiger charge is -2.02. The van der Waals surface area contributed by atoms with E-state index in [0.29, 0.717) is 17.7 Å². The van der Waals surface area contributed by atoms with Gasteiger partial charge < -0.3 is 5.73 Å². The summed E-state index contributed by atoms with van der Waals surface area (Å²) in [7, 11) is 1.80. The molecule has 0 saturated carbocycles. The van der Waals surface area contributed by atoms with Crippen LogP contribution in [0.1, 0.15) is 10.5 Å². The van der Waals surface area contributed by atoms with E-state index in [-0.39, 0.29) is 0 Å². The molecule has 0 radical (unpaired) electrons. The number of hydrogen-bond donors (Lipinski definition) is 1. The van der Waals surface area contributed by atoms with Gasteiger partial charge in [0, 0.05) is 18.8 Å². The van der Waals surface area contributed by atoms with Gasteiger partial charge in [-0.25, -0.2) is 0 Å². The van der Waals surface area contributed by atoms with E-state index in [4.69, 9.17) is 5.73 Å². The average molecular weight is 202 g/mol. The Hall–Kier alpha value is -2.17. The summed E-state index contributed by atoms with van der Waals surface area (Å²) in [5.74, 6) is 0. The van der Waals surface area contributed by atoms with Crippen LogP contribution in [0.15, 0.2) is 24.5 Å². The maximum absolute atomic E-state index is 10.4. The number of carbonyl (C=O) groups is 1. The second-order valence-electron chi connectivity index (χ2n) is 3.16. The van der Waals surface area contributed by atoms with Crippen molar-refractivity contribution in [2.75, 3.05) is 5.73 Å². The Morgan fingerprint density at radius 2 is 2.20 bits per heavy atom. The molecule has 76 valence electrons. The summed E-state index contributed by atoms with van der Waals surface area (Å²) in [6.45, 7) is 0. The molecular formula is C10H10N4O. The highest BCUT2D eigenvalue weighted by Gasteiger charge is 2.08. The zero-order chi connectivity index (χ0) is 10.8. The van der Waals surface area contributed by atoms with Crippen LogP contribution in [0.5, 0.6) is 0 Å². The number of nitrogens with two attached hydrogens (primary N) is 1. The van der Waals surface area contributed by atoms with E-state index in [9.17, 15) is 4.79 Å². The Balaban J connectivity index is 2.50. The first-order chi connectivity index (χ1) is 7.22. The number of aryl methyl sites for hydroxylation is 1. The number of nitrogen functional groups attached to an aromatic ring is 1. The van der Waals surface area contributed by atoms with Crippen LogP contribution in [-0.4, -0.2) is 21.1 Å². The van der Waals surface area contributed by atoms with E-state index < -0.39 is 0 Å². The van der Waals surface area contributed by atoms with E-state index in [1.807, 2.05) is 0 Å². The van der Waals surface area contributed by atoms with Gasteiger partial charge in [-0.3, -0.25) is 14.5 Å². The fourth-order valence-electron chi connectivity index (χ4n) is 1.42. The monoisotopic (exact) mass is 202 g/mol. The van der Waals surface area contributed by atoms with Gasteiger partial charge in [-0.1, -0.05) is 0 Å². The standard InChI is InChI=1S/C10H10N4O/c1-14-10(9(11)5-13-14)7-2-3-8(6-15)12-4-7/h2-6H,11H2,1H3. The molecule has 0 bridgehead atoms. The van der Waals surface area contributed by atoms with Crippen LogP contribution in [0.25, 0.3) is 11.3 Å². The Morgan fingerprint density at radius 3 is 2.67 bits per heavy atom. The van der Waals surface area contributed by atoms with Crippen LogP contribution in [0, 0.1) is 0 Å². The minimum absolute atomic E-state index is 0.402. The van der Waals surface area contributed by atoms with Gasteiger partial charge >= 0.3 is 0 Å². The highest BCUT2D eigenvalue weighted by Crippen LogP contribution is 2.23. The molecule has 15 heavy (non-hydrogen) atoms. The summed E-state index contributed by atoms with van der Waals surface area (Å²) in [5.41, 5.74) is 8.41. The largest absolute Gasteiger partial charge is 0.396 e. The Kier molecular flexibility index (Phi) is 2.21. The van der Waals surface area contributed by atoms with Crippen molar-refractivity contribution in [1.82, 2.24) is 14.8 Å². The maximum atomic E-state index is 10.4. The lowest BCUT2D eigenvalue weighted by molar-refractivity contribution is 0.111. The van der Waals surface area contributed by atoms with Crippen LogP contribution < -0.4 is 5.73 Å². The fourth-order valence-corrected chi connectivity index (χ4v) is 1.42. The topological polar surface area (TPSA) is 73.8 Å². The fraction of sp³-hybridized carbons (Fsp3) is 0.100. The summed E-state index contributed by atoms with van der Waals surface area (Å²) < 4.78 is 1.67. The van der Waals surface area contributed by atoms with E-state index in [1.165, 1.54) is 0 Å². The lowest BCUT2D eigenvalue weighted by atomic mass is 10.2. The molecule has 0 fully saturated rings. The molecular weight excluding hydrogens is 192 g/mol. The summed E-state index contributed by atoms with van der Waals surface area (Å²) in [5, 5.41) is 4.03. The van der Waals surface area contributed by atoms with Crippen LogP contribution in [0.2, 0.25) is 0 Å². The molecule has 2 heterocycles. The lowest BCUT2D eigenvalue weighted by Crippen LogP contribution is -1.97. The summed E-state index contributed by atoms with van der Waals surface area (Å²) in [6, 6.07) is 3.44. The van der Waals surface area contributed by atoms with E-state index >= 15 is 0 Å². The smallest absolute Gasteiger partial charge is 0.168 e. The summed E-state index contributed by atoms with van der Waals surface area (Å²) in [4.78, 5) is 14.4. The van der Waals surface area contributed by atoms with Gasteiger partial charge in [0.2, 0.25) is 0 Å². The number of aldehydes is 1. The molecule has 2 aromatic rings. The highest BCUT2D eigenvalue weighted by molar-refractivity contribution is 5.75. The van der Waals surface area contributed by atoms with Crippen LogP contribution >= 0.6 is 0 Å². The molecule has 5 heteroatoms. The number of rotatable bonds is 2. The number of pyridine rings is 1. The van der Waals surface area contributed by atoms with Crippen molar-refractivity contribution in [2.24, 2.45) is 7.05 Å². The van der Waals surface area contributed by atoms with E-state index in [0.717, 1.165) is 11.3 Å². The van der Waals surface area contributed by atoms with Crippen LogP contribution in [0.4, 0.5) is 5.69 Å². The number of anilines is 1. The first-order valence-corrected chi connectivity index (χ1v) is 4.41. The first-order valence-electron chi connectivity index (χ1n) is 4.41. The third kappa shape index (κ3) is 1.59. The van der Waals surface area contributed by atoms with Gasteiger partial charge in [0.15, 0.2) is 6.29 Å². The minimum atomic E-state index is 0.402. The number of aromatic nitrogens is 3. The Labute approximate surface area is 86.5 Å². The molecule has 2 N–H and O–H groups in total. The van der Waals surface area contributed by atoms with Crippen molar-refractivity contribution in [3.8, 4) is 11.3 Å². The van der Waals surface area contributed by atoms with Gasteiger partial charge in [0.1, 0.15) is 5.69 Å². The summed E-state index contributed by atoms with van der Waals surface area (Å²) >= 11 is 0. The Morgan fingerprint density at radius 1 is 1.40 bits per heavy atom. The van der Waals surface area contributed by atoms with Gasteiger partial charge in [-0.15, -0.1) is 0 Å². The molecule has 0 saturated heterocycles. The van der Waals surface area contributed by atoms with E-state index in [1.54, 1.807) is 36.3 Å². The second kappa shape index (κ2) is 3.53. The minimum Gasteiger partial charge on any atom is -0.396 e. The SMILES string of the molecule is Cn1ncc(N)c1-c1ccc(C=O)nc1. The van der Waals surface area contributed by atoms with E-state index in [2.05, 4.69) is 10.1 Å². The van der Waals surface area contributed by atoms with Gasteiger partial charge in [-0.2, -0.15) is 5.10 Å². The third-order valence-corrected chi connectivity index (χ3v) is 2.15. The molecule has 0 aromatic carbocycles. The van der Waals surface area contributed by atoms with Gasteiger partial charge in [0.25, 0.3) is 0 Å². The number of nitrogens with zero attached hydrogens (tertiary/aromatic N) is 3. The predicted molar refractivity (Wildman–Crippen MR) is 56.2 cm³/mol. The normalized spacial score (nSPS) is 10.2. The van der Waals surface area contributed by atoms with Crippen LogP contribution in [-0.2, 0) is 7.05 Å². The zero-order valence-corrected chi connectivity index (χ0v) is 8.21. The van der Waals surface area contributed by atoms with Crippen LogP contribution in [0.3, 0.4) is 0 Å². The zero-order valence-electron chi connectivity index (χ0n) is 8.21. The first kappa shape index (κ1) is 9.39. The third-order valence-electron chi connectivity index (χ3n) is 2.15. The molecule has 0 atom stereocenters. The maximum Gasteiger partial charge on any atom is 0.168 e. The molecule has 2 rings (SSSR count). The van der Waals surface area contributed by atoms with Crippen molar-refractivity contribution >= 4 is 12.0 Å². The van der Waals surface area contributed by atoms with Gasteiger partial charge in [-0.05, 0) is 12.1 Å². The highest BCUT2D eigenvalue weighted by atomic mass is 16.1. The Bertz CT molecular complexity index is 467. The molecule has 0 aliphatic heterocycles. The average Bonchev–Trinajstić information content (AvgIpc) is 2.59. The molecule has 5 nitrogen and oxygen atoms in total.